The molecule has 1 aromatic heterocycles. The number of anilines is 1. The second-order valence-electron chi connectivity index (χ2n) is 3.86. The Hall–Kier alpha value is -2.56. The second kappa shape index (κ2) is 4.75. The number of nitrogen functional groups attached to an aromatic ring is 1. The molecule has 0 unspecified atom stereocenters. The molecule has 92 valence electrons. The number of rotatable bonds is 3. The minimum absolute atomic E-state index is 0.181. The molecule has 1 heterocycles. The Morgan fingerprint density at radius 1 is 1.17 bits per heavy atom. The van der Waals surface area contributed by atoms with Crippen LogP contribution in [-0.4, -0.2) is 10.9 Å². The van der Waals surface area contributed by atoms with E-state index in [1.807, 2.05) is 0 Å². The van der Waals surface area contributed by atoms with Gasteiger partial charge in [-0.15, -0.1) is 0 Å². The van der Waals surface area contributed by atoms with Crippen molar-refractivity contribution in [2.45, 2.75) is 6.92 Å². The first kappa shape index (κ1) is 11.9. The van der Waals surface area contributed by atoms with Gasteiger partial charge in [0.25, 0.3) is 5.91 Å². The van der Waals surface area contributed by atoms with Crippen LogP contribution in [0.15, 0.2) is 36.4 Å². The number of nitrogens with zero attached hydrogens (tertiary/aromatic N) is 1. The number of pyridine rings is 1. The fraction of sp³-hybridized carbons (Fsp3) is 0.0769. The second-order valence-corrected chi connectivity index (χ2v) is 3.86. The third-order valence-electron chi connectivity index (χ3n) is 2.30. The molecule has 2 aromatic rings. The molecule has 0 saturated heterocycles. The lowest BCUT2D eigenvalue weighted by Gasteiger charge is -2.07. The number of aryl methyl sites for hydroxylation is 1. The molecule has 4 N–H and O–H groups in total. The molecule has 2 rings (SSSR count). The van der Waals surface area contributed by atoms with Crippen molar-refractivity contribution >= 4 is 11.6 Å². The third-order valence-corrected chi connectivity index (χ3v) is 2.30. The van der Waals surface area contributed by atoms with Gasteiger partial charge in [-0.05, 0) is 31.2 Å². The van der Waals surface area contributed by atoms with E-state index in [2.05, 4.69) is 4.98 Å². The predicted octanol–water partition coefficient (Wildman–Crippen LogP) is 1.86. The summed E-state index contributed by atoms with van der Waals surface area (Å²) in [6.45, 7) is 1.77. The molecule has 0 spiro atoms. The van der Waals surface area contributed by atoms with Crippen molar-refractivity contribution in [3.63, 3.8) is 0 Å². The highest BCUT2D eigenvalue weighted by atomic mass is 16.5. The number of hydrogen-bond donors (Lipinski definition) is 2. The Balaban J connectivity index is 2.28. The first-order chi connectivity index (χ1) is 8.54. The molecule has 5 heteroatoms. The van der Waals surface area contributed by atoms with E-state index in [0.29, 0.717) is 22.9 Å². The Labute approximate surface area is 104 Å². The minimum atomic E-state index is -0.583. The van der Waals surface area contributed by atoms with Crippen LogP contribution in [0.3, 0.4) is 0 Å². The van der Waals surface area contributed by atoms with Crippen molar-refractivity contribution in [1.82, 2.24) is 4.98 Å². The lowest BCUT2D eigenvalue weighted by Crippen LogP contribution is -2.13. The molecule has 0 aliphatic carbocycles. The maximum absolute atomic E-state index is 11.1. The third kappa shape index (κ3) is 2.76. The number of benzene rings is 1. The van der Waals surface area contributed by atoms with Gasteiger partial charge in [-0.25, -0.2) is 4.98 Å². The van der Waals surface area contributed by atoms with Crippen LogP contribution in [0.1, 0.15) is 16.2 Å². The summed E-state index contributed by atoms with van der Waals surface area (Å²) in [5.74, 6) is 0.562. The van der Waals surface area contributed by atoms with Crippen LogP contribution in [0, 0.1) is 6.92 Å². The average Bonchev–Trinajstić information content (AvgIpc) is 2.31. The van der Waals surface area contributed by atoms with E-state index >= 15 is 0 Å². The molecule has 0 aliphatic heterocycles. The molecule has 0 bridgehead atoms. The van der Waals surface area contributed by atoms with Crippen LogP contribution in [0.25, 0.3) is 0 Å². The highest BCUT2D eigenvalue weighted by molar-refractivity contribution is 5.91. The summed E-state index contributed by atoms with van der Waals surface area (Å²) in [5.41, 5.74) is 12.3. The maximum Gasteiger partial charge on any atom is 0.267 e. The summed E-state index contributed by atoms with van der Waals surface area (Å²) in [6, 6.07) is 10.2. The van der Waals surface area contributed by atoms with Crippen LogP contribution < -0.4 is 16.2 Å². The Bertz CT molecular complexity index is 579. The van der Waals surface area contributed by atoms with Crippen LogP contribution in [-0.2, 0) is 0 Å². The van der Waals surface area contributed by atoms with Crippen LogP contribution in [0.4, 0.5) is 5.69 Å². The van der Waals surface area contributed by atoms with Gasteiger partial charge < -0.3 is 16.2 Å². The largest absolute Gasteiger partial charge is 0.457 e. The molecule has 0 radical (unpaired) electrons. The molecule has 0 fully saturated rings. The molecule has 0 atom stereocenters. The normalized spacial score (nSPS) is 10.1. The van der Waals surface area contributed by atoms with Gasteiger partial charge in [0.2, 0.25) is 0 Å². The zero-order valence-corrected chi connectivity index (χ0v) is 9.88. The van der Waals surface area contributed by atoms with Gasteiger partial charge >= 0.3 is 0 Å². The SMILES string of the molecule is Cc1cc(Oc2ccc(N)cc2)cc(C(N)=O)n1. The molecule has 0 saturated carbocycles. The van der Waals surface area contributed by atoms with Crippen molar-refractivity contribution in [3.8, 4) is 11.5 Å². The van der Waals surface area contributed by atoms with E-state index in [1.54, 1.807) is 37.3 Å². The fourth-order valence-electron chi connectivity index (χ4n) is 1.49. The number of carbonyl (C=O) groups excluding carboxylic acids is 1. The standard InChI is InChI=1S/C13H13N3O2/c1-8-6-11(7-12(16-8)13(15)17)18-10-4-2-9(14)3-5-10/h2-7H,14H2,1H3,(H2,15,17). The summed E-state index contributed by atoms with van der Waals surface area (Å²) < 4.78 is 5.60. The zero-order chi connectivity index (χ0) is 13.1. The fourth-order valence-corrected chi connectivity index (χ4v) is 1.49. The van der Waals surface area contributed by atoms with Crippen molar-refractivity contribution in [3.05, 3.63) is 47.8 Å². The van der Waals surface area contributed by atoms with Crippen LogP contribution in [0.2, 0.25) is 0 Å². The number of hydrogen-bond acceptors (Lipinski definition) is 4. The van der Waals surface area contributed by atoms with Gasteiger partial charge in [0.1, 0.15) is 17.2 Å². The predicted molar refractivity (Wildman–Crippen MR) is 68.4 cm³/mol. The van der Waals surface area contributed by atoms with Gasteiger partial charge in [0.05, 0.1) is 0 Å². The lowest BCUT2D eigenvalue weighted by molar-refractivity contribution is 0.0995. The van der Waals surface area contributed by atoms with Gasteiger partial charge in [0.15, 0.2) is 0 Å². The number of primary amides is 1. The van der Waals surface area contributed by atoms with Crippen molar-refractivity contribution in [2.75, 3.05) is 5.73 Å². The molecule has 5 nitrogen and oxygen atoms in total. The van der Waals surface area contributed by atoms with Gasteiger partial charge in [-0.1, -0.05) is 0 Å². The highest BCUT2D eigenvalue weighted by Crippen LogP contribution is 2.23. The number of carbonyl (C=O) groups is 1. The Morgan fingerprint density at radius 3 is 2.44 bits per heavy atom. The van der Waals surface area contributed by atoms with Crippen LogP contribution >= 0.6 is 0 Å². The molecule has 0 aliphatic rings. The lowest BCUT2D eigenvalue weighted by atomic mass is 10.2. The molecule has 1 amide bonds. The highest BCUT2D eigenvalue weighted by Gasteiger charge is 2.06. The summed E-state index contributed by atoms with van der Waals surface area (Å²) in [6.07, 6.45) is 0. The quantitative estimate of drug-likeness (QED) is 0.805. The van der Waals surface area contributed by atoms with E-state index in [4.69, 9.17) is 16.2 Å². The van der Waals surface area contributed by atoms with E-state index in [1.165, 1.54) is 6.07 Å². The van der Waals surface area contributed by atoms with E-state index in [-0.39, 0.29) is 5.69 Å². The number of amides is 1. The Kier molecular flexibility index (Phi) is 3.14. The molecule has 1 aromatic carbocycles. The summed E-state index contributed by atoms with van der Waals surface area (Å²) in [5, 5.41) is 0. The zero-order valence-electron chi connectivity index (χ0n) is 9.88. The molecule has 18 heavy (non-hydrogen) atoms. The van der Waals surface area contributed by atoms with Gasteiger partial charge in [0, 0.05) is 23.5 Å². The van der Waals surface area contributed by atoms with Crippen molar-refractivity contribution in [2.24, 2.45) is 5.73 Å². The minimum Gasteiger partial charge on any atom is -0.457 e. The van der Waals surface area contributed by atoms with E-state index < -0.39 is 5.91 Å². The first-order valence-electron chi connectivity index (χ1n) is 5.36. The van der Waals surface area contributed by atoms with Gasteiger partial charge in [-0.2, -0.15) is 0 Å². The monoisotopic (exact) mass is 243 g/mol. The van der Waals surface area contributed by atoms with Crippen molar-refractivity contribution in [1.29, 1.82) is 0 Å². The number of aromatic nitrogens is 1. The van der Waals surface area contributed by atoms with E-state index in [0.717, 1.165) is 0 Å². The van der Waals surface area contributed by atoms with Crippen LogP contribution in [0.5, 0.6) is 11.5 Å². The summed E-state index contributed by atoms with van der Waals surface area (Å²) >= 11 is 0. The topological polar surface area (TPSA) is 91.2 Å². The van der Waals surface area contributed by atoms with E-state index in [9.17, 15) is 4.79 Å². The summed E-state index contributed by atoms with van der Waals surface area (Å²) in [7, 11) is 0. The number of nitrogens with two attached hydrogens (primary N) is 2. The van der Waals surface area contributed by atoms with Gasteiger partial charge in [-0.3, -0.25) is 4.79 Å². The molecular weight excluding hydrogens is 230 g/mol. The first-order valence-corrected chi connectivity index (χ1v) is 5.36. The van der Waals surface area contributed by atoms with Crippen molar-refractivity contribution < 1.29 is 9.53 Å². The Morgan fingerprint density at radius 2 is 1.83 bits per heavy atom. The smallest absolute Gasteiger partial charge is 0.267 e. The maximum atomic E-state index is 11.1. The average molecular weight is 243 g/mol. The number of ether oxygens (including phenoxy) is 1. The summed E-state index contributed by atoms with van der Waals surface area (Å²) in [4.78, 5) is 15.1. The molecular formula is C13H13N3O2.